The smallest absolute Gasteiger partial charge is 0.343 e. The number of hydrogen-bond donors (Lipinski definition) is 1. The number of nitrogens with one attached hydrogen (secondary N) is 1. The van der Waals surface area contributed by atoms with Gasteiger partial charge in [0.25, 0.3) is 5.56 Å². The third-order valence-electron chi connectivity index (χ3n) is 3.08. The fraction of sp³-hybridized carbons (Fsp3) is 0.125. The van der Waals surface area contributed by atoms with E-state index in [9.17, 15) is 9.59 Å². The normalized spacial score (nSPS) is 10.7. The summed E-state index contributed by atoms with van der Waals surface area (Å²) in [6.45, 7) is 1.96. The van der Waals surface area contributed by atoms with Gasteiger partial charge in [0.1, 0.15) is 5.56 Å². The number of hydrogen-bond acceptors (Lipinski definition) is 4. The quantitative estimate of drug-likeness (QED) is 0.754. The number of H-pyrrole nitrogens is 1. The fourth-order valence-electron chi connectivity index (χ4n) is 2.10. The average molecular weight is 299 g/mol. The first-order chi connectivity index (χ1) is 10.2. The molecule has 5 heteroatoms. The van der Waals surface area contributed by atoms with Crippen molar-refractivity contribution in [1.82, 2.24) is 4.98 Å². The van der Waals surface area contributed by atoms with E-state index in [2.05, 4.69) is 4.98 Å². The van der Waals surface area contributed by atoms with Gasteiger partial charge >= 0.3 is 5.97 Å². The molecular weight excluding hydrogens is 286 g/mol. The molecule has 2 heterocycles. The number of aromatic amines is 1. The first-order valence-corrected chi connectivity index (χ1v) is 7.40. The molecule has 1 aromatic carbocycles. The van der Waals surface area contributed by atoms with E-state index in [4.69, 9.17) is 4.74 Å². The Morgan fingerprint density at radius 2 is 2.00 bits per heavy atom. The number of rotatable bonds is 3. The van der Waals surface area contributed by atoms with Crippen molar-refractivity contribution < 1.29 is 9.53 Å². The van der Waals surface area contributed by atoms with E-state index in [1.165, 1.54) is 11.3 Å². The number of ether oxygens (including phenoxy) is 1. The Bertz CT molecular complexity index is 849. The Kier molecular flexibility index (Phi) is 3.58. The van der Waals surface area contributed by atoms with Gasteiger partial charge < -0.3 is 9.72 Å². The zero-order valence-corrected chi connectivity index (χ0v) is 12.2. The average Bonchev–Trinajstić information content (AvgIpc) is 2.90. The van der Waals surface area contributed by atoms with Gasteiger partial charge in [-0.2, -0.15) is 0 Å². The number of aromatic nitrogens is 1. The predicted molar refractivity (Wildman–Crippen MR) is 83.8 cm³/mol. The summed E-state index contributed by atoms with van der Waals surface area (Å²) in [6, 6.07) is 13.4. The summed E-state index contributed by atoms with van der Waals surface area (Å²) in [7, 11) is 0. The Labute approximate surface area is 125 Å². The van der Waals surface area contributed by atoms with Crippen LogP contribution < -0.4 is 5.56 Å². The molecule has 0 aliphatic heterocycles. The highest BCUT2D eigenvalue weighted by molar-refractivity contribution is 7.22. The molecule has 3 aromatic rings. The van der Waals surface area contributed by atoms with Crippen LogP contribution in [0.25, 0.3) is 20.7 Å². The largest absolute Gasteiger partial charge is 0.462 e. The number of pyridine rings is 1. The molecular formula is C16H13NO3S. The van der Waals surface area contributed by atoms with Gasteiger partial charge in [-0.1, -0.05) is 30.3 Å². The molecule has 0 saturated heterocycles. The highest BCUT2D eigenvalue weighted by Gasteiger charge is 2.14. The maximum absolute atomic E-state index is 11.9. The first-order valence-electron chi connectivity index (χ1n) is 6.58. The lowest BCUT2D eigenvalue weighted by Gasteiger charge is -2.00. The topological polar surface area (TPSA) is 59.2 Å². The molecule has 1 N–H and O–H groups in total. The van der Waals surface area contributed by atoms with Crippen molar-refractivity contribution >= 4 is 27.5 Å². The van der Waals surface area contributed by atoms with E-state index in [1.807, 2.05) is 36.4 Å². The van der Waals surface area contributed by atoms with Crippen LogP contribution in [0, 0.1) is 0 Å². The second kappa shape index (κ2) is 5.54. The monoisotopic (exact) mass is 299 g/mol. The van der Waals surface area contributed by atoms with Crippen LogP contribution in [0.4, 0.5) is 0 Å². The molecule has 0 unspecified atom stereocenters. The molecule has 0 atom stereocenters. The van der Waals surface area contributed by atoms with Crippen LogP contribution in [-0.4, -0.2) is 17.6 Å². The van der Waals surface area contributed by atoms with Gasteiger partial charge in [0.2, 0.25) is 0 Å². The van der Waals surface area contributed by atoms with Crippen LogP contribution in [-0.2, 0) is 4.74 Å². The third kappa shape index (κ3) is 2.60. The van der Waals surface area contributed by atoms with Crippen molar-refractivity contribution in [3.8, 4) is 10.4 Å². The second-order valence-electron chi connectivity index (χ2n) is 4.49. The number of thiophene rings is 1. The molecule has 4 nitrogen and oxygen atoms in total. The van der Waals surface area contributed by atoms with Crippen LogP contribution in [0.2, 0.25) is 0 Å². The van der Waals surface area contributed by atoms with E-state index < -0.39 is 11.5 Å². The zero-order valence-electron chi connectivity index (χ0n) is 11.4. The number of esters is 1. The van der Waals surface area contributed by atoms with Crippen LogP contribution in [0.3, 0.4) is 0 Å². The Balaban J connectivity index is 2.11. The highest BCUT2D eigenvalue weighted by Crippen LogP contribution is 2.32. The van der Waals surface area contributed by atoms with Gasteiger partial charge in [-0.15, -0.1) is 11.3 Å². The minimum Gasteiger partial charge on any atom is -0.462 e. The number of carbonyl (C=O) groups excluding carboxylic acids is 1. The van der Waals surface area contributed by atoms with Gasteiger partial charge in [0.15, 0.2) is 0 Å². The third-order valence-corrected chi connectivity index (χ3v) is 4.21. The number of carbonyl (C=O) groups is 1. The lowest BCUT2D eigenvalue weighted by atomic mass is 10.2. The van der Waals surface area contributed by atoms with Gasteiger partial charge in [-0.25, -0.2) is 4.79 Å². The summed E-state index contributed by atoms with van der Waals surface area (Å²) < 4.78 is 5.75. The molecule has 2 aromatic heterocycles. The molecule has 3 rings (SSSR count). The fourth-order valence-corrected chi connectivity index (χ4v) is 3.17. The molecule has 0 saturated carbocycles. The standard InChI is InChI=1S/C16H13NO3S/c1-2-20-16(19)11-8-14-12(17-15(11)18)9-13(21-14)10-6-4-3-5-7-10/h3-9H,2H2,1H3,(H,17,18). The molecule has 0 spiro atoms. The minimum atomic E-state index is -0.588. The summed E-state index contributed by atoms with van der Waals surface area (Å²) in [6.07, 6.45) is 0. The van der Waals surface area contributed by atoms with Crippen molar-refractivity contribution in [2.45, 2.75) is 6.92 Å². The van der Waals surface area contributed by atoms with Crippen LogP contribution in [0.5, 0.6) is 0 Å². The maximum atomic E-state index is 11.9. The summed E-state index contributed by atoms with van der Waals surface area (Å²) >= 11 is 1.53. The summed E-state index contributed by atoms with van der Waals surface area (Å²) in [4.78, 5) is 27.5. The molecule has 0 fully saturated rings. The zero-order chi connectivity index (χ0) is 14.8. The van der Waals surface area contributed by atoms with Crippen molar-refractivity contribution in [2.75, 3.05) is 6.61 Å². The SMILES string of the molecule is CCOC(=O)c1cc2sc(-c3ccccc3)cc2[nH]c1=O. The Morgan fingerprint density at radius 3 is 2.71 bits per heavy atom. The van der Waals surface area contributed by atoms with E-state index >= 15 is 0 Å². The van der Waals surface area contributed by atoms with E-state index in [-0.39, 0.29) is 12.2 Å². The molecule has 0 amide bonds. The van der Waals surface area contributed by atoms with Crippen LogP contribution >= 0.6 is 11.3 Å². The second-order valence-corrected chi connectivity index (χ2v) is 5.57. The molecule has 0 radical (unpaired) electrons. The predicted octanol–water partition coefficient (Wildman–Crippen LogP) is 3.43. The van der Waals surface area contributed by atoms with Gasteiger partial charge in [0.05, 0.1) is 16.8 Å². The summed E-state index contributed by atoms with van der Waals surface area (Å²) in [5.74, 6) is -0.588. The van der Waals surface area contributed by atoms with Gasteiger partial charge in [-0.05, 0) is 24.6 Å². The first kappa shape index (κ1) is 13.6. The Morgan fingerprint density at radius 1 is 1.24 bits per heavy atom. The molecule has 106 valence electrons. The lowest BCUT2D eigenvalue weighted by molar-refractivity contribution is 0.0524. The van der Waals surface area contributed by atoms with Gasteiger partial charge in [-0.3, -0.25) is 4.79 Å². The summed E-state index contributed by atoms with van der Waals surface area (Å²) in [5.41, 5.74) is 1.44. The minimum absolute atomic E-state index is 0.0470. The molecule has 0 aliphatic carbocycles. The Hall–Kier alpha value is -2.40. The molecule has 0 bridgehead atoms. The van der Waals surface area contributed by atoms with E-state index in [1.54, 1.807) is 13.0 Å². The van der Waals surface area contributed by atoms with Crippen molar-refractivity contribution in [2.24, 2.45) is 0 Å². The van der Waals surface area contributed by atoms with Crippen LogP contribution in [0.1, 0.15) is 17.3 Å². The lowest BCUT2D eigenvalue weighted by Crippen LogP contribution is -2.19. The van der Waals surface area contributed by atoms with Gasteiger partial charge in [0, 0.05) is 4.88 Å². The molecule has 21 heavy (non-hydrogen) atoms. The highest BCUT2D eigenvalue weighted by atomic mass is 32.1. The van der Waals surface area contributed by atoms with Crippen molar-refractivity contribution in [3.63, 3.8) is 0 Å². The number of fused-ring (bicyclic) bond motifs is 1. The van der Waals surface area contributed by atoms with E-state index in [0.717, 1.165) is 20.7 Å². The van der Waals surface area contributed by atoms with Crippen molar-refractivity contribution in [3.05, 3.63) is 58.4 Å². The van der Waals surface area contributed by atoms with E-state index in [0.29, 0.717) is 0 Å². The van der Waals surface area contributed by atoms with Crippen molar-refractivity contribution in [1.29, 1.82) is 0 Å². The maximum Gasteiger partial charge on any atom is 0.343 e. The summed E-state index contributed by atoms with van der Waals surface area (Å²) in [5, 5.41) is 0. The number of benzene rings is 1. The molecule has 0 aliphatic rings. The van der Waals surface area contributed by atoms with Crippen LogP contribution in [0.15, 0.2) is 47.3 Å².